The van der Waals surface area contributed by atoms with Gasteiger partial charge in [0.05, 0.1) is 6.00 Å². The van der Waals surface area contributed by atoms with Crippen molar-refractivity contribution in [2.75, 3.05) is 6.00 Å². The summed E-state index contributed by atoms with van der Waals surface area (Å²) in [4.78, 5) is 0. The molecule has 0 amide bonds. The summed E-state index contributed by atoms with van der Waals surface area (Å²) >= 11 is 5.94. The number of nitrogens with one attached hydrogen (secondary N) is 1. The molecule has 2 heteroatoms. The fourth-order valence-corrected chi connectivity index (χ4v) is 6.52. The van der Waals surface area contributed by atoms with Crippen molar-refractivity contribution in [1.82, 2.24) is 5.32 Å². The van der Waals surface area contributed by atoms with Gasteiger partial charge in [-0.25, -0.2) is 0 Å². The Morgan fingerprint density at radius 3 is 2.71 bits per heavy atom. The molecule has 0 saturated heterocycles. The van der Waals surface area contributed by atoms with E-state index in [4.69, 9.17) is 11.6 Å². The molecule has 0 aromatic carbocycles. The largest absolute Gasteiger partial charge is 0.297 e. The molecule has 4 aliphatic rings. The molecule has 2 bridgehead atoms. The van der Waals surface area contributed by atoms with E-state index in [1.165, 1.54) is 32.1 Å². The molecule has 0 aromatic heterocycles. The third-order valence-corrected chi connectivity index (χ3v) is 6.74. The first kappa shape index (κ1) is 8.41. The summed E-state index contributed by atoms with van der Waals surface area (Å²) in [5, 5.41) is 3.69. The molecule has 4 aliphatic carbocycles. The van der Waals surface area contributed by atoms with Crippen LogP contribution in [0.25, 0.3) is 0 Å². The molecular formula is C12H18ClN. The highest BCUT2D eigenvalue weighted by Crippen LogP contribution is 2.94. The van der Waals surface area contributed by atoms with Gasteiger partial charge in [0.1, 0.15) is 0 Å². The van der Waals surface area contributed by atoms with Gasteiger partial charge in [0.2, 0.25) is 0 Å². The third kappa shape index (κ3) is 0.473. The normalized spacial score (nSPS) is 67.3. The van der Waals surface area contributed by atoms with Crippen molar-refractivity contribution in [2.24, 2.45) is 22.7 Å². The lowest BCUT2D eigenvalue weighted by Crippen LogP contribution is -2.41. The van der Waals surface area contributed by atoms with E-state index in [9.17, 15) is 0 Å². The summed E-state index contributed by atoms with van der Waals surface area (Å²) in [5.74, 6) is 2.00. The molecule has 1 spiro atoms. The number of halogens is 1. The van der Waals surface area contributed by atoms with Crippen molar-refractivity contribution in [3.8, 4) is 0 Å². The van der Waals surface area contributed by atoms with E-state index < -0.39 is 0 Å². The Labute approximate surface area is 90.6 Å². The van der Waals surface area contributed by atoms with E-state index in [1.807, 2.05) is 0 Å². The van der Waals surface area contributed by atoms with Crippen LogP contribution in [0.5, 0.6) is 0 Å². The summed E-state index contributed by atoms with van der Waals surface area (Å²) in [6.07, 6.45) is 7.40. The van der Waals surface area contributed by atoms with E-state index in [0.717, 1.165) is 11.8 Å². The Kier molecular flexibility index (Phi) is 1.22. The van der Waals surface area contributed by atoms with Crippen molar-refractivity contribution in [2.45, 2.75) is 44.6 Å². The van der Waals surface area contributed by atoms with Crippen molar-refractivity contribution in [1.29, 1.82) is 0 Å². The van der Waals surface area contributed by atoms with E-state index >= 15 is 0 Å². The standard InChI is InChI=1S/C12H18ClN/c1-10-4-5-11(10)8-2-3-9(6-8)12(10,11)14-7-13/h8-9,14H,2-7H2,1H3/t8?,9?,10-,11?,12?/m0/s1. The van der Waals surface area contributed by atoms with Crippen molar-refractivity contribution >= 4 is 11.6 Å². The average Bonchev–Trinajstić information content (AvgIpc) is 2.61. The van der Waals surface area contributed by atoms with Crippen LogP contribution >= 0.6 is 11.6 Å². The number of fused-ring (bicyclic) bond motifs is 4. The fourth-order valence-electron chi connectivity index (χ4n) is 6.31. The van der Waals surface area contributed by atoms with E-state index in [0.29, 0.717) is 22.4 Å². The number of rotatable bonds is 2. The number of hydrogen-bond acceptors (Lipinski definition) is 1. The lowest BCUT2D eigenvalue weighted by Gasteiger charge is -2.36. The van der Waals surface area contributed by atoms with Gasteiger partial charge in [-0.3, -0.25) is 5.32 Å². The maximum atomic E-state index is 5.94. The van der Waals surface area contributed by atoms with Gasteiger partial charge in [0.25, 0.3) is 0 Å². The van der Waals surface area contributed by atoms with E-state index in [2.05, 4.69) is 12.2 Å². The van der Waals surface area contributed by atoms with E-state index in [1.54, 1.807) is 0 Å². The SMILES string of the molecule is C[C@]12CCC13C1CCC(C1)C32NCCl. The van der Waals surface area contributed by atoms with Gasteiger partial charge in [0.15, 0.2) is 0 Å². The molecular weight excluding hydrogens is 194 g/mol. The van der Waals surface area contributed by atoms with Crippen LogP contribution in [0.3, 0.4) is 0 Å². The van der Waals surface area contributed by atoms with Gasteiger partial charge in [-0.05, 0) is 54.8 Å². The van der Waals surface area contributed by atoms with Crippen molar-refractivity contribution in [3.63, 3.8) is 0 Å². The van der Waals surface area contributed by atoms with Gasteiger partial charge >= 0.3 is 0 Å². The molecule has 0 radical (unpaired) electrons. The van der Waals surface area contributed by atoms with Crippen LogP contribution in [0, 0.1) is 22.7 Å². The van der Waals surface area contributed by atoms with Gasteiger partial charge < -0.3 is 0 Å². The highest BCUT2D eigenvalue weighted by molar-refractivity contribution is 6.17. The molecule has 78 valence electrons. The summed E-state index contributed by atoms with van der Waals surface area (Å²) in [7, 11) is 0. The first-order chi connectivity index (χ1) is 6.73. The second-order valence-corrected chi connectivity index (χ2v) is 6.40. The van der Waals surface area contributed by atoms with Crippen LogP contribution in [-0.2, 0) is 0 Å². The maximum absolute atomic E-state index is 5.94. The molecule has 0 heterocycles. The Morgan fingerprint density at radius 2 is 2.07 bits per heavy atom. The third-order valence-electron chi connectivity index (χ3n) is 6.60. The zero-order chi connectivity index (χ0) is 9.60. The summed E-state index contributed by atoms with van der Waals surface area (Å²) in [6.45, 7) is 2.51. The highest BCUT2D eigenvalue weighted by Gasteiger charge is 2.95. The quantitative estimate of drug-likeness (QED) is 0.547. The second kappa shape index (κ2) is 2.04. The average molecular weight is 212 g/mol. The zero-order valence-corrected chi connectivity index (χ0v) is 9.53. The monoisotopic (exact) mass is 211 g/mol. The summed E-state index contributed by atoms with van der Waals surface area (Å²) in [6, 6.07) is 0.653. The van der Waals surface area contributed by atoms with E-state index in [-0.39, 0.29) is 0 Å². The molecule has 4 unspecified atom stereocenters. The zero-order valence-electron chi connectivity index (χ0n) is 8.78. The number of hydrogen-bond donors (Lipinski definition) is 1. The predicted octanol–water partition coefficient (Wildman–Crippen LogP) is 2.74. The van der Waals surface area contributed by atoms with Crippen LogP contribution in [0.2, 0.25) is 0 Å². The van der Waals surface area contributed by atoms with Gasteiger partial charge in [-0.2, -0.15) is 0 Å². The van der Waals surface area contributed by atoms with Gasteiger partial charge in [-0.1, -0.05) is 6.92 Å². The summed E-state index contributed by atoms with van der Waals surface area (Å²) < 4.78 is 0. The second-order valence-electron chi connectivity index (χ2n) is 6.13. The Hall–Kier alpha value is 0.250. The molecule has 5 atom stereocenters. The van der Waals surface area contributed by atoms with Gasteiger partial charge in [0, 0.05) is 5.54 Å². The molecule has 14 heavy (non-hydrogen) atoms. The molecule has 1 N–H and O–H groups in total. The molecule has 4 fully saturated rings. The van der Waals surface area contributed by atoms with Crippen LogP contribution in [-0.4, -0.2) is 11.5 Å². The highest BCUT2D eigenvalue weighted by atomic mass is 35.5. The Balaban J connectivity index is 1.83. The first-order valence-corrected chi connectivity index (χ1v) is 6.57. The van der Waals surface area contributed by atoms with Crippen molar-refractivity contribution in [3.05, 3.63) is 0 Å². The lowest BCUT2D eigenvalue weighted by atomic mass is 9.67. The maximum Gasteiger partial charge on any atom is 0.0718 e. The molecule has 4 saturated carbocycles. The molecule has 0 aromatic rings. The van der Waals surface area contributed by atoms with Crippen LogP contribution < -0.4 is 5.32 Å². The molecule has 4 rings (SSSR count). The molecule has 1 nitrogen and oxygen atoms in total. The van der Waals surface area contributed by atoms with Crippen LogP contribution in [0.1, 0.15) is 39.0 Å². The lowest BCUT2D eigenvalue weighted by molar-refractivity contribution is 0.121. The minimum Gasteiger partial charge on any atom is -0.297 e. The Bertz CT molecular complexity index is 317. The summed E-state index contributed by atoms with van der Waals surface area (Å²) in [5.41, 5.74) is 1.83. The minimum absolute atomic E-state index is 0.491. The van der Waals surface area contributed by atoms with Crippen LogP contribution in [0.4, 0.5) is 0 Å². The van der Waals surface area contributed by atoms with Crippen LogP contribution in [0.15, 0.2) is 0 Å². The van der Waals surface area contributed by atoms with Crippen molar-refractivity contribution < 1.29 is 0 Å². The van der Waals surface area contributed by atoms with Gasteiger partial charge in [-0.15, -0.1) is 11.6 Å². The first-order valence-electron chi connectivity index (χ1n) is 6.04. The predicted molar refractivity (Wildman–Crippen MR) is 57.2 cm³/mol. The smallest absolute Gasteiger partial charge is 0.0718 e. The Morgan fingerprint density at radius 1 is 1.29 bits per heavy atom. The topological polar surface area (TPSA) is 12.0 Å². The molecule has 0 aliphatic heterocycles. The fraction of sp³-hybridized carbons (Fsp3) is 1.00. The number of alkyl halides is 1. The minimum atomic E-state index is 0.491.